The minimum absolute atomic E-state index is 0.469. The van der Waals surface area contributed by atoms with Gasteiger partial charge in [-0.15, -0.1) is 0 Å². The number of hydrogen-bond donors (Lipinski definition) is 1. The summed E-state index contributed by atoms with van der Waals surface area (Å²) in [5.74, 6) is 6.37. The summed E-state index contributed by atoms with van der Waals surface area (Å²) in [5, 5.41) is 0.597. The first kappa shape index (κ1) is 25.9. The highest BCUT2D eigenvalue weighted by atomic mass is 127. The van der Waals surface area contributed by atoms with Crippen LogP contribution in [-0.2, 0) is 0 Å². The minimum Gasteiger partial charge on any atom is -0.176 e. The Balaban J connectivity index is 1.60. The summed E-state index contributed by atoms with van der Waals surface area (Å²) in [6, 6.07) is 0. The molecule has 0 aromatic rings. The van der Waals surface area contributed by atoms with E-state index < -0.39 is 0 Å². The van der Waals surface area contributed by atoms with Crippen molar-refractivity contribution < 1.29 is 0 Å². The molecule has 184 valence electrons. The van der Waals surface area contributed by atoms with Crippen molar-refractivity contribution >= 4 is 35.2 Å². The summed E-state index contributed by atoms with van der Waals surface area (Å²) >= 11 is 7.64. The van der Waals surface area contributed by atoms with Crippen molar-refractivity contribution in [2.75, 3.05) is 0 Å². The second-order valence-electron chi connectivity index (χ2n) is 13.5. The molecule has 10 atom stereocenters. The third-order valence-corrected chi connectivity index (χ3v) is 12.0. The van der Waals surface area contributed by atoms with Gasteiger partial charge in [-0.25, -0.2) is 0 Å². The van der Waals surface area contributed by atoms with E-state index in [1.165, 1.54) is 70.6 Å². The van der Waals surface area contributed by atoms with Crippen LogP contribution in [-0.4, -0.2) is 9.17 Å². The molecule has 5 unspecified atom stereocenters. The van der Waals surface area contributed by atoms with Gasteiger partial charge in [0.05, 0.1) is 0 Å². The van der Waals surface area contributed by atoms with E-state index in [2.05, 4.69) is 70.2 Å². The lowest BCUT2D eigenvalue weighted by atomic mass is 9.44. The predicted molar refractivity (Wildman–Crippen MR) is 153 cm³/mol. The van der Waals surface area contributed by atoms with Gasteiger partial charge < -0.3 is 0 Å². The monoisotopic (exact) mass is 570 g/mol. The molecule has 0 saturated heterocycles. The maximum Gasteiger partial charge on any atom is 0.00870 e. The molecule has 32 heavy (non-hydrogen) atoms. The Bertz CT molecular complexity index is 682. The molecule has 0 N–H and O–H groups in total. The third-order valence-electron chi connectivity index (χ3n) is 11.0. The fourth-order valence-electron chi connectivity index (χ4n) is 9.43. The van der Waals surface area contributed by atoms with Crippen molar-refractivity contribution in [3.8, 4) is 0 Å². The Morgan fingerprint density at radius 3 is 2.44 bits per heavy atom. The summed E-state index contributed by atoms with van der Waals surface area (Å²) < 4.78 is 0.773. The normalized spacial score (nSPS) is 45.6. The van der Waals surface area contributed by atoms with E-state index in [4.69, 9.17) is 12.6 Å². The maximum absolute atomic E-state index is 4.94. The minimum atomic E-state index is 0.469. The van der Waals surface area contributed by atoms with E-state index in [-0.39, 0.29) is 0 Å². The fourth-order valence-corrected chi connectivity index (χ4v) is 10.3. The first-order valence-electron chi connectivity index (χ1n) is 14.1. The van der Waals surface area contributed by atoms with E-state index in [9.17, 15) is 0 Å². The molecule has 0 aromatic heterocycles. The quantitative estimate of drug-likeness (QED) is 0.134. The van der Waals surface area contributed by atoms with Gasteiger partial charge >= 0.3 is 0 Å². The molecule has 0 bridgehead atoms. The lowest BCUT2D eigenvalue weighted by Crippen LogP contribution is -2.53. The van der Waals surface area contributed by atoms with Crippen molar-refractivity contribution in [2.45, 2.75) is 121 Å². The van der Waals surface area contributed by atoms with Crippen LogP contribution in [0.1, 0.15) is 112 Å². The molecule has 0 heterocycles. The van der Waals surface area contributed by atoms with Gasteiger partial charge in [-0.3, -0.25) is 0 Å². The molecule has 0 spiro atoms. The third kappa shape index (κ3) is 4.77. The van der Waals surface area contributed by atoms with Crippen LogP contribution in [0.2, 0.25) is 0 Å². The molecule has 0 radical (unpaired) electrons. The first-order chi connectivity index (χ1) is 15.1. The first-order valence-corrected chi connectivity index (χ1v) is 15.9. The average Bonchev–Trinajstić information content (AvgIpc) is 3.05. The highest BCUT2D eigenvalue weighted by Crippen LogP contribution is 2.68. The largest absolute Gasteiger partial charge is 0.176 e. The summed E-state index contributed by atoms with van der Waals surface area (Å²) in [4.78, 5) is 0. The van der Waals surface area contributed by atoms with Crippen molar-refractivity contribution in [3.05, 3.63) is 11.6 Å². The molecule has 4 rings (SSSR count). The number of thiol groups is 1. The Morgan fingerprint density at radius 1 is 1.00 bits per heavy atom. The molecule has 3 fully saturated rings. The zero-order valence-corrected chi connectivity index (χ0v) is 24.9. The molecule has 4 aliphatic rings. The van der Waals surface area contributed by atoms with Crippen LogP contribution in [0.4, 0.5) is 0 Å². The lowest BCUT2D eigenvalue weighted by molar-refractivity contribution is -0.0701. The summed E-state index contributed by atoms with van der Waals surface area (Å²) in [5.41, 5.74) is 2.87. The molecular formula is C30H51IS. The van der Waals surface area contributed by atoms with E-state index in [1.807, 2.05) is 5.57 Å². The maximum atomic E-state index is 4.94. The van der Waals surface area contributed by atoms with Crippen LogP contribution in [0.3, 0.4) is 0 Å². The Kier molecular flexibility index (Phi) is 8.14. The fraction of sp³-hybridized carbons (Fsp3) is 0.933. The molecule has 0 nitrogen and oxygen atoms in total. The van der Waals surface area contributed by atoms with Gasteiger partial charge in [-0.05, 0) is 104 Å². The molecular weight excluding hydrogens is 519 g/mol. The van der Waals surface area contributed by atoms with Gasteiger partial charge in [0.2, 0.25) is 0 Å². The lowest BCUT2D eigenvalue weighted by Gasteiger charge is -2.60. The van der Waals surface area contributed by atoms with Crippen LogP contribution in [0.15, 0.2) is 11.6 Å². The number of hydrogen-bond acceptors (Lipinski definition) is 1. The van der Waals surface area contributed by atoms with E-state index in [0.717, 1.165) is 45.3 Å². The van der Waals surface area contributed by atoms with Crippen molar-refractivity contribution in [1.29, 1.82) is 0 Å². The van der Waals surface area contributed by atoms with Crippen LogP contribution in [0, 0.1) is 52.3 Å². The standard InChI is InChI=1S/C30H51IS/c1-19(2)8-7-9-20(3)25-10-11-26-28-22(16-21(4)31)17-23-18-24(32)12-14-29(23,5)27(28)13-15-30(25,26)6/h17,19-22,24-28,32H,7-16,18H2,1-6H3/t20-,21?,22?,24+,25-,26?,27?,28?,29+,30-/m1/s1. The van der Waals surface area contributed by atoms with E-state index in [1.54, 1.807) is 0 Å². The smallest absolute Gasteiger partial charge is 0.00870 e. The molecule has 0 amide bonds. The van der Waals surface area contributed by atoms with Gasteiger partial charge in [-0.1, -0.05) is 95.0 Å². The van der Waals surface area contributed by atoms with Crippen LogP contribution < -0.4 is 0 Å². The highest BCUT2D eigenvalue weighted by molar-refractivity contribution is 14.1. The second-order valence-corrected chi connectivity index (χ2v) is 16.4. The Hall–Kier alpha value is 0.820. The molecule has 0 aliphatic heterocycles. The van der Waals surface area contributed by atoms with Gasteiger partial charge in [0.25, 0.3) is 0 Å². The SMILES string of the molecule is CC(C)CCC[C@@H](C)[C@H]1CCC2C3C(CC(C)I)C=C4C[C@@H](S)CC[C@]4(C)C3CC[C@@]21C. The van der Waals surface area contributed by atoms with E-state index in [0.29, 0.717) is 16.1 Å². The summed E-state index contributed by atoms with van der Waals surface area (Å²) in [6.07, 6.45) is 18.5. The highest BCUT2D eigenvalue weighted by Gasteiger charge is 2.60. The number of fused-ring (bicyclic) bond motifs is 5. The number of allylic oxidation sites excluding steroid dienone is 2. The van der Waals surface area contributed by atoms with Crippen LogP contribution in [0.5, 0.6) is 0 Å². The zero-order chi connectivity index (χ0) is 23.3. The van der Waals surface area contributed by atoms with Crippen molar-refractivity contribution in [3.63, 3.8) is 0 Å². The van der Waals surface area contributed by atoms with Crippen LogP contribution >= 0.6 is 35.2 Å². The van der Waals surface area contributed by atoms with E-state index >= 15 is 0 Å². The summed E-state index contributed by atoms with van der Waals surface area (Å²) in [6.45, 7) is 15.3. The second kappa shape index (κ2) is 10.1. The van der Waals surface area contributed by atoms with Crippen LogP contribution in [0.25, 0.3) is 0 Å². The van der Waals surface area contributed by atoms with Gasteiger partial charge in [0.1, 0.15) is 0 Å². The molecule has 2 heteroatoms. The van der Waals surface area contributed by atoms with Crippen molar-refractivity contribution in [2.24, 2.45) is 52.3 Å². The average molecular weight is 571 g/mol. The predicted octanol–water partition coefficient (Wildman–Crippen LogP) is 9.77. The molecule has 0 aromatic carbocycles. The Morgan fingerprint density at radius 2 is 1.75 bits per heavy atom. The number of rotatable bonds is 7. The Labute approximate surface area is 219 Å². The van der Waals surface area contributed by atoms with Gasteiger partial charge in [0, 0.05) is 9.17 Å². The molecule has 4 aliphatic carbocycles. The number of halogens is 1. The zero-order valence-electron chi connectivity index (χ0n) is 21.9. The number of alkyl halides is 1. The molecule has 3 saturated carbocycles. The van der Waals surface area contributed by atoms with Gasteiger partial charge in [0.15, 0.2) is 0 Å². The topological polar surface area (TPSA) is 0 Å². The van der Waals surface area contributed by atoms with Gasteiger partial charge in [-0.2, -0.15) is 12.6 Å². The summed E-state index contributed by atoms with van der Waals surface area (Å²) in [7, 11) is 0. The van der Waals surface area contributed by atoms with Crippen molar-refractivity contribution in [1.82, 2.24) is 0 Å².